The van der Waals surface area contributed by atoms with Gasteiger partial charge in [-0.25, -0.2) is 0 Å². The summed E-state index contributed by atoms with van der Waals surface area (Å²) in [6.07, 6.45) is 0.770. The summed E-state index contributed by atoms with van der Waals surface area (Å²) in [7, 11) is 0. The maximum atomic E-state index is 13.7. The normalized spacial score (nSPS) is 16.2. The number of carbonyl (C=O) groups excluding carboxylic acids is 2. The molecule has 4 nitrogen and oxygen atoms in total. The molecule has 2 atom stereocenters. The average Bonchev–Trinajstić information content (AvgIpc) is 2.83. The lowest BCUT2D eigenvalue weighted by atomic mass is 10.0. The number of carbonyl (C=O) groups is 2. The van der Waals surface area contributed by atoms with Crippen molar-refractivity contribution in [3.8, 4) is 0 Å². The number of benzene rings is 3. The van der Waals surface area contributed by atoms with Gasteiger partial charge < -0.3 is 10.2 Å². The van der Waals surface area contributed by atoms with Gasteiger partial charge in [-0.3, -0.25) is 9.59 Å². The number of nitrogens with one attached hydrogen (secondary N) is 1. The van der Waals surface area contributed by atoms with Crippen molar-refractivity contribution in [2.24, 2.45) is 5.92 Å². The molecule has 0 aliphatic carbocycles. The van der Waals surface area contributed by atoms with E-state index >= 15 is 0 Å². The Hall–Kier alpha value is -3.05. The Bertz CT molecular complexity index is 1190. The molecule has 5 heteroatoms. The highest BCUT2D eigenvalue weighted by atomic mass is 32.2. The Morgan fingerprint density at radius 3 is 2.47 bits per heavy atom. The smallest absolute Gasteiger partial charge is 0.241 e. The van der Waals surface area contributed by atoms with Crippen LogP contribution in [0.1, 0.15) is 34.7 Å². The Labute approximate surface area is 206 Å². The maximum Gasteiger partial charge on any atom is 0.241 e. The minimum absolute atomic E-state index is 0.00853. The van der Waals surface area contributed by atoms with Crippen LogP contribution < -0.4 is 10.2 Å². The first-order chi connectivity index (χ1) is 16.3. The van der Waals surface area contributed by atoms with E-state index in [0.717, 1.165) is 28.1 Å². The van der Waals surface area contributed by atoms with Crippen LogP contribution in [0.25, 0.3) is 0 Å². The molecule has 0 radical (unpaired) electrons. The van der Waals surface area contributed by atoms with E-state index < -0.39 is 11.2 Å². The van der Waals surface area contributed by atoms with Gasteiger partial charge >= 0.3 is 0 Å². The summed E-state index contributed by atoms with van der Waals surface area (Å²) in [5.41, 5.74) is 6.79. The number of hydrogen-bond donors (Lipinski definition) is 1. The van der Waals surface area contributed by atoms with Crippen LogP contribution in [-0.4, -0.2) is 23.6 Å². The van der Waals surface area contributed by atoms with Crippen molar-refractivity contribution in [2.75, 3.05) is 11.4 Å². The van der Waals surface area contributed by atoms with Crippen molar-refractivity contribution in [2.45, 2.75) is 50.8 Å². The molecule has 0 aromatic heterocycles. The number of anilines is 1. The van der Waals surface area contributed by atoms with E-state index in [9.17, 15) is 9.59 Å². The van der Waals surface area contributed by atoms with Crippen molar-refractivity contribution in [1.82, 2.24) is 5.32 Å². The van der Waals surface area contributed by atoms with Crippen LogP contribution in [0.2, 0.25) is 0 Å². The molecule has 1 heterocycles. The summed E-state index contributed by atoms with van der Waals surface area (Å²) >= 11 is 1.50. The molecule has 0 saturated heterocycles. The molecule has 0 fully saturated rings. The van der Waals surface area contributed by atoms with Crippen LogP contribution in [-0.2, 0) is 22.6 Å². The van der Waals surface area contributed by atoms with Crippen LogP contribution in [0.4, 0.5) is 5.69 Å². The number of para-hydroxylation sites is 1. The first kappa shape index (κ1) is 24.1. The molecule has 4 rings (SSSR count). The van der Waals surface area contributed by atoms with Gasteiger partial charge in [0.15, 0.2) is 0 Å². The quantitative estimate of drug-likeness (QED) is 0.486. The lowest BCUT2D eigenvalue weighted by molar-refractivity contribution is -0.128. The highest BCUT2D eigenvalue weighted by molar-refractivity contribution is 8.01. The Morgan fingerprint density at radius 1 is 1.00 bits per heavy atom. The van der Waals surface area contributed by atoms with E-state index in [1.54, 1.807) is 0 Å². The fourth-order valence-electron chi connectivity index (χ4n) is 4.24. The van der Waals surface area contributed by atoms with Crippen LogP contribution in [0.3, 0.4) is 0 Å². The van der Waals surface area contributed by atoms with Gasteiger partial charge in [-0.2, -0.15) is 0 Å². The molecular formula is C29H32N2O2S. The minimum atomic E-state index is -0.459. The second-order valence-corrected chi connectivity index (χ2v) is 10.4. The molecule has 1 aliphatic rings. The number of aryl methyl sites for hydroxylation is 3. The number of nitrogens with zero attached hydrogens (tertiary/aromatic N) is 1. The molecule has 0 saturated carbocycles. The lowest BCUT2D eigenvalue weighted by Crippen LogP contribution is -2.47. The molecule has 3 aromatic rings. The molecule has 2 amide bonds. The largest absolute Gasteiger partial charge is 0.355 e. The highest BCUT2D eigenvalue weighted by Gasteiger charge is 2.39. The standard InChI is InChI=1S/C29H32N2O2S/c1-19-10-13-23(14-11-19)15-16-30-28(32)22(4)27-29(33)31(25-7-5-6-8-26(25)34-27)18-24-17-20(2)9-12-21(24)3/h5-14,17,22,27H,15-16,18H2,1-4H3,(H,30,32)/t22-,27+/m0/s1. The predicted octanol–water partition coefficient (Wildman–Crippen LogP) is 5.61. The van der Waals surface area contributed by atoms with Gasteiger partial charge in [0.25, 0.3) is 0 Å². The lowest BCUT2D eigenvalue weighted by Gasteiger charge is -2.36. The molecule has 1 N–H and O–H groups in total. The summed E-state index contributed by atoms with van der Waals surface area (Å²) in [4.78, 5) is 29.6. The molecule has 0 unspecified atom stereocenters. The third-order valence-electron chi connectivity index (χ3n) is 6.45. The van der Waals surface area contributed by atoms with Gasteiger partial charge in [0.2, 0.25) is 11.8 Å². The zero-order valence-electron chi connectivity index (χ0n) is 20.3. The van der Waals surface area contributed by atoms with Crippen LogP contribution >= 0.6 is 11.8 Å². The number of thioether (sulfide) groups is 1. The van der Waals surface area contributed by atoms with Crippen molar-refractivity contribution in [1.29, 1.82) is 0 Å². The third-order valence-corrected chi connectivity index (χ3v) is 7.92. The van der Waals surface area contributed by atoms with E-state index in [-0.39, 0.29) is 11.8 Å². The zero-order chi connectivity index (χ0) is 24.2. The molecule has 0 bridgehead atoms. The van der Waals surface area contributed by atoms with Gasteiger partial charge in [0.1, 0.15) is 5.25 Å². The predicted molar refractivity (Wildman–Crippen MR) is 140 cm³/mol. The van der Waals surface area contributed by atoms with Gasteiger partial charge in [-0.05, 0) is 56.0 Å². The van der Waals surface area contributed by atoms with E-state index in [1.807, 2.05) is 36.1 Å². The number of amides is 2. The molecule has 1 aliphatic heterocycles. The second kappa shape index (κ2) is 10.5. The van der Waals surface area contributed by atoms with E-state index in [4.69, 9.17) is 0 Å². The third kappa shape index (κ3) is 5.36. The summed E-state index contributed by atoms with van der Waals surface area (Å²) in [5, 5.41) is 2.59. The van der Waals surface area contributed by atoms with Gasteiger partial charge in [0.05, 0.1) is 18.2 Å². The molecule has 0 spiro atoms. The molecule has 3 aromatic carbocycles. The Morgan fingerprint density at radius 2 is 1.71 bits per heavy atom. The summed E-state index contributed by atoms with van der Waals surface area (Å²) in [6, 6.07) is 22.7. The van der Waals surface area contributed by atoms with Crippen LogP contribution in [0.5, 0.6) is 0 Å². The summed E-state index contributed by atoms with van der Waals surface area (Å²) < 4.78 is 0. The number of fused-ring (bicyclic) bond motifs is 1. The topological polar surface area (TPSA) is 49.4 Å². The first-order valence-corrected chi connectivity index (χ1v) is 12.7. The van der Waals surface area contributed by atoms with E-state index in [1.165, 1.54) is 28.5 Å². The minimum Gasteiger partial charge on any atom is -0.355 e. The first-order valence-electron chi connectivity index (χ1n) is 11.8. The molecule has 34 heavy (non-hydrogen) atoms. The second-order valence-electron chi connectivity index (χ2n) is 9.18. The number of hydrogen-bond acceptors (Lipinski definition) is 3. The monoisotopic (exact) mass is 472 g/mol. The van der Waals surface area contributed by atoms with Crippen LogP contribution in [0.15, 0.2) is 71.6 Å². The average molecular weight is 473 g/mol. The van der Waals surface area contributed by atoms with Crippen molar-refractivity contribution >= 4 is 29.3 Å². The fourth-order valence-corrected chi connectivity index (χ4v) is 5.53. The SMILES string of the molecule is Cc1ccc(CCNC(=O)[C@@H](C)[C@H]2Sc3ccccc3N(Cc3cc(C)ccc3C)C2=O)cc1. The Balaban J connectivity index is 1.49. The molecular weight excluding hydrogens is 440 g/mol. The summed E-state index contributed by atoms with van der Waals surface area (Å²) in [6.45, 7) is 9.12. The number of rotatable bonds is 7. The maximum absolute atomic E-state index is 13.7. The van der Waals surface area contributed by atoms with E-state index in [2.05, 4.69) is 68.6 Å². The van der Waals surface area contributed by atoms with Crippen LogP contribution in [0, 0.1) is 26.7 Å². The fraction of sp³-hybridized carbons (Fsp3) is 0.310. The van der Waals surface area contributed by atoms with Crippen molar-refractivity contribution in [3.05, 3.63) is 94.5 Å². The van der Waals surface area contributed by atoms with Gasteiger partial charge in [-0.15, -0.1) is 11.8 Å². The Kier molecular flexibility index (Phi) is 7.42. The van der Waals surface area contributed by atoms with Crippen molar-refractivity contribution in [3.63, 3.8) is 0 Å². The van der Waals surface area contributed by atoms with Gasteiger partial charge in [-0.1, -0.05) is 72.6 Å². The van der Waals surface area contributed by atoms with Crippen molar-refractivity contribution < 1.29 is 9.59 Å². The van der Waals surface area contributed by atoms with Gasteiger partial charge in [0, 0.05) is 11.4 Å². The highest BCUT2D eigenvalue weighted by Crippen LogP contribution is 2.42. The zero-order valence-corrected chi connectivity index (χ0v) is 21.1. The van der Waals surface area contributed by atoms with E-state index in [0.29, 0.717) is 13.1 Å². The molecule has 176 valence electrons. The summed E-state index contributed by atoms with van der Waals surface area (Å²) in [5.74, 6) is -0.528.